The lowest BCUT2D eigenvalue weighted by Gasteiger charge is -2.33. The Morgan fingerprint density at radius 2 is 2.20 bits per heavy atom. The Morgan fingerprint density at radius 1 is 1.50 bits per heavy atom. The molecule has 1 N–H and O–H groups in total. The van der Waals surface area contributed by atoms with Gasteiger partial charge in [-0.2, -0.15) is 0 Å². The van der Waals surface area contributed by atoms with E-state index in [1.165, 1.54) is 0 Å². The van der Waals surface area contributed by atoms with E-state index in [0.29, 0.717) is 6.04 Å². The maximum atomic E-state index is 11.5. The fraction of sp³-hybridized carbons (Fsp3) is 0.667. The normalized spacial score (nSPS) is 23.0. The van der Waals surface area contributed by atoms with Crippen LogP contribution in [0.3, 0.4) is 0 Å². The summed E-state index contributed by atoms with van der Waals surface area (Å²) in [5, 5.41) is 9.45. The highest BCUT2D eigenvalue weighted by molar-refractivity contribution is 5.79. The second-order valence-electron chi connectivity index (χ2n) is 6.06. The molecule has 0 unspecified atom stereocenters. The van der Waals surface area contributed by atoms with E-state index in [4.69, 9.17) is 0 Å². The Bertz CT molecular complexity index is 469. The maximum Gasteiger partial charge on any atom is 0.326 e. The first kappa shape index (κ1) is 14.9. The molecule has 0 saturated carbocycles. The van der Waals surface area contributed by atoms with Crippen LogP contribution in [0, 0.1) is 0 Å². The van der Waals surface area contributed by atoms with Gasteiger partial charge in [-0.1, -0.05) is 0 Å². The fourth-order valence-corrected chi connectivity index (χ4v) is 2.88. The molecule has 1 aromatic rings. The molecular formula is C15H25N3O2. The van der Waals surface area contributed by atoms with Crippen molar-refractivity contribution in [3.05, 3.63) is 18.5 Å². The Hall–Kier alpha value is -1.49. The van der Waals surface area contributed by atoms with E-state index in [0.717, 1.165) is 25.1 Å². The van der Waals surface area contributed by atoms with Gasteiger partial charge in [0.1, 0.15) is 6.04 Å². The lowest BCUT2D eigenvalue weighted by molar-refractivity contribution is -0.138. The minimum atomic E-state index is -0.719. The van der Waals surface area contributed by atoms with Crippen molar-refractivity contribution < 1.29 is 9.90 Å². The molecule has 2 rings (SSSR count). The number of anilines is 1. The van der Waals surface area contributed by atoms with Gasteiger partial charge in [0.05, 0.1) is 5.69 Å². The van der Waals surface area contributed by atoms with Crippen LogP contribution in [-0.2, 0) is 11.8 Å². The zero-order valence-electron chi connectivity index (χ0n) is 12.8. The number of nitrogens with zero attached hydrogens (tertiary/aromatic N) is 3. The second-order valence-corrected chi connectivity index (χ2v) is 6.06. The summed E-state index contributed by atoms with van der Waals surface area (Å²) in [6.07, 6.45) is 5.63. The second kappa shape index (κ2) is 5.87. The van der Waals surface area contributed by atoms with Gasteiger partial charge in [0.2, 0.25) is 0 Å². The van der Waals surface area contributed by atoms with Crippen molar-refractivity contribution in [2.45, 2.75) is 44.8 Å². The number of likely N-dealkylation sites (N-methyl/N-ethyl adjacent to an activating group) is 1. The van der Waals surface area contributed by atoms with Crippen molar-refractivity contribution in [3.8, 4) is 0 Å². The Balaban J connectivity index is 2.21. The van der Waals surface area contributed by atoms with Crippen LogP contribution in [0.25, 0.3) is 0 Å². The molecule has 0 radical (unpaired) electrons. The summed E-state index contributed by atoms with van der Waals surface area (Å²) < 4.78 is 1.97. The molecule has 2 heterocycles. The quantitative estimate of drug-likeness (QED) is 0.892. The van der Waals surface area contributed by atoms with E-state index in [1.54, 1.807) is 0 Å². The predicted octanol–water partition coefficient (Wildman–Crippen LogP) is 1.79. The molecule has 1 fully saturated rings. The summed E-state index contributed by atoms with van der Waals surface area (Å²) >= 11 is 0. The fourth-order valence-electron chi connectivity index (χ4n) is 2.88. The molecule has 1 aromatic heterocycles. The molecular weight excluding hydrogens is 254 g/mol. The summed E-state index contributed by atoms with van der Waals surface area (Å²) in [5.41, 5.74) is 1.01. The van der Waals surface area contributed by atoms with Crippen LogP contribution in [0.15, 0.2) is 18.5 Å². The third-order valence-corrected chi connectivity index (χ3v) is 4.28. The highest BCUT2D eigenvalue weighted by Crippen LogP contribution is 2.31. The molecule has 2 atom stereocenters. The molecule has 1 aliphatic heterocycles. The van der Waals surface area contributed by atoms with Crippen molar-refractivity contribution in [1.82, 2.24) is 9.47 Å². The van der Waals surface area contributed by atoms with Gasteiger partial charge in [-0.25, -0.2) is 4.79 Å². The van der Waals surface area contributed by atoms with E-state index < -0.39 is 12.0 Å². The summed E-state index contributed by atoms with van der Waals surface area (Å²) in [7, 11) is 4.06. The van der Waals surface area contributed by atoms with Gasteiger partial charge in [-0.15, -0.1) is 0 Å². The number of carbonyl (C=O) groups is 1. The molecule has 0 bridgehead atoms. The van der Waals surface area contributed by atoms with Crippen LogP contribution >= 0.6 is 0 Å². The number of aliphatic carboxylic acids is 1. The van der Waals surface area contributed by atoms with Gasteiger partial charge in [0, 0.05) is 38.1 Å². The average molecular weight is 279 g/mol. The van der Waals surface area contributed by atoms with Gasteiger partial charge in [0.15, 0.2) is 0 Å². The SMILES string of the molecule is CC(C)N(C)C[C@@H]1CC[C@@H](C(=O)O)N1c1ccn(C)c1. The highest BCUT2D eigenvalue weighted by Gasteiger charge is 2.38. The molecule has 1 saturated heterocycles. The monoisotopic (exact) mass is 279 g/mol. The average Bonchev–Trinajstić information content (AvgIpc) is 2.95. The number of aromatic nitrogens is 1. The van der Waals surface area contributed by atoms with Crippen molar-refractivity contribution in [1.29, 1.82) is 0 Å². The van der Waals surface area contributed by atoms with Crippen molar-refractivity contribution >= 4 is 11.7 Å². The van der Waals surface area contributed by atoms with Gasteiger partial charge < -0.3 is 19.5 Å². The van der Waals surface area contributed by atoms with Crippen LogP contribution < -0.4 is 4.90 Å². The number of aryl methyl sites for hydroxylation is 1. The third kappa shape index (κ3) is 2.98. The minimum Gasteiger partial charge on any atom is -0.480 e. The first-order valence-electron chi connectivity index (χ1n) is 7.23. The molecule has 0 aromatic carbocycles. The summed E-state index contributed by atoms with van der Waals surface area (Å²) in [5.74, 6) is -0.719. The number of carboxylic acid groups (broad SMARTS) is 1. The Kier molecular flexibility index (Phi) is 4.38. The molecule has 1 aliphatic rings. The topological polar surface area (TPSA) is 48.7 Å². The van der Waals surface area contributed by atoms with E-state index in [-0.39, 0.29) is 6.04 Å². The van der Waals surface area contributed by atoms with Crippen LogP contribution in [0.4, 0.5) is 5.69 Å². The first-order chi connectivity index (χ1) is 9.40. The van der Waals surface area contributed by atoms with Gasteiger partial charge >= 0.3 is 5.97 Å². The van der Waals surface area contributed by atoms with E-state index >= 15 is 0 Å². The summed E-state index contributed by atoms with van der Waals surface area (Å²) in [4.78, 5) is 15.9. The number of hydrogen-bond acceptors (Lipinski definition) is 3. The number of hydrogen-bond donors (Lipinski definition) is 1. The van der Waals surface area contributed by atoms with Crippen molar-refractivity contribution in [3.63, 3.8) is 0 Å². The van der Waals surface area contributed by atoms with Crippen LogP contribution in [-0.4, -0.2) is 52.3 Å². The lowest BCUT2D eigenvalue weighted by Crippen LogP contribution is -2.46. The summed E-state index contributed by atoms with van der Waals surface area (Å²) in [6.45, 7) is 5.23. The minimum absolute atomic E-state index is 0.269. The van der Waals surface area contributed by atoms with E-state index in [1.807, 2.05) is 30.1 Å². The standard InChI is InChI=1S/C15H25N3O2/c1-11(2)17(4)10-12-5-6-14(15(19)20)18(12)13-7-8-16(3)9-13/h7-9,11-12,14H,5-6,10H2,1-4H3,(H,19,20)/t12-,14-/m0/s1. The molecule has 5 nitrogen and oxygen atoms in total. The molecule has 5 heteroatoms. The zero-order valence-corrected chi connectivity index (χ0v) is 12.8. The smallest absolute Gasteiger partial charge is 0.326 e. The van der Waals surface area contributed by atoms with Crippen LogP contribution in [0.5, 0.6) is 0 Å². The highest BCUT2D eigenvalue weighted by atomic mass is 16.4. The zero-order chi connectivity index (χ0) is 14.9. The van der Waals surface area contributed by atoms with Crippen LogP contribution in [0.1, 0.15) is 26.7 Å². The van der Waals surface area contributed by atoms with Crippen LogP contribution in [0.2, 0.25) is 0 Å². The Labute approximate surface area is 120 Å². The van der Waals surface area contributed by atoms with E-state index in [9.17, 15) is 9.90 Å². The Morgan fingerprint density at radius 3 is 2.70 bits per heavy atom. The lowest BCUT2D eigenvalue weighted by atomic mass is 10.2. The van der Waals surface area contributed by atoms with Crippen molar-refractivity contribution in [2.24, 2.45) is 7.05 Å². The number of carboxylic acids is 1. The van der Waals surface area contributed by atoms with Gasteiger partial charge in [-0.05, 0) is 39.8 Å². The number of rotatable bonds is 5. The third-order valence-electron chi connectivity index (χ3n) is 4.28. The van der Waals surface area contributed by atoms with Crippen molar-refractivity contribution in [2.75, 3.05) is 18.5 Å². The van der Waals surface area contributed by atoms with Gasteiger partial charge in [0.25, 0.3) is 0 Å². The molecule has 112 valence electrons. The predicted molar refractivity (Wildman–Crippen MR) is 80.1 cm³/mol. The molecule has 0 spiro atoms. The van der Waals surface area contributed by atoms with Gasteiger partial charge in [-0.3, -0.25) is 0 Å². The van der Waals surface area contributed by atoms with E-state index in [2.05, 4.69) is 30.7 Å². The maximum absolute atomic E-state index is 11.5. The molecule has 0 amide bonds. The largest absolute Gasteiger partial charge is 0.480 e. The molecule has 0 aliphatic carbocycles. The summed E-state index contributed by atoms with van der Waals surface area (Å²) in [6, 6.07) is 2.34. The molecule has 20 heavy (non-hydrogen) atoms. The first-order valence-corrected chi connectivity index (χ1v) is 7.23.